The Bertz CT molecular complexity index is 632. The highest BCUT2D eigenvalue weighted by Crippen LogP contribution is 2.44. The molecule has 4 heteroatoms. The predicted molar refractivity (Wildman–Crippen MR) is 87.8 cm³/mol. The highest BCUT2D eigenvalue weighted by Gasteiger charge is 2.42. The maximum absolute atomic E-state index is 12.7. The molecule has 2 aliphatic carbocycles. The molecule has 3 atom stereocenters. The summed E-state index contributed by atoms with van der Waals surface area (Å²) in [6, 6.07) is 9.38. The standard InChI is InChI=1S/C19H22N2O2/c22-18(15-4-2-1-3-5-15)20-8-10-21(11-9-20)19(23)17-13-14-6-7-16(17)12-14/h1-7,14,16-17H,8-13H2/t14-,16-,17-/m0/s1. The van der Waals surface area contributed by atoms with Gasteiger partial charge in [-0.1, -0.05) is 30.4 Å². The monoisotopic (exact) mass is 310 g/mol. The molecule has 2 amide bonds. The normalized spacial score (nSPS) is 29.1. The quantitative estimate of drug-likeness (QED) is 0.786. The van der Waals surface area contributed by atoms with E-state index in [0.29, 0.717) is 43.9 Å². The summed E-state index contributed by atoms with van der Waals surface area (Å²) in [6.07, 6.45) is 6.67. The fourth-order valence-corrected chi connectivity index (χ4v) is 4.19. The summed E-state index contributed by atoms with van der Waals surface area (Å²) in [5.41, 5.74) is 0.727. The number of allylic oxidation sites excluding steroid dienone is 2. The lowest BCUT2D eigenvalue weighted by Gasteiger charge is -2.36. The molecule has 1 saturated carbocycles. The molecule has 0 unspecified atom stereocenters. The Hall–Kier alpha value is -2.10. The SMILES string of the molecule is O=C(c1ccccc1)N1CCN(C(=O)[C@H]2C[C@H]3C=C[C@H]2C3)CC1. The molecule has 4 rings (SSSR count). The first kappa shape index (κ1) is 14.5. The Kier molecular flexibility index (Phi) is 3.68. The fraction of sp³-hybridized carbons (Fsp3) is 0.474. The van der Waals surface area contributed by atoms with Crippen LogP contribution >= 0.6 is 0 Å². The number of hydrogen-bond acceptors (Lipinski definition) is 2. The summed E-state index contributed by atoms with van der Waals surface area (Å²) in [5, 5.41) is 0. The van der Waals surface area contributed by atoms with E-state index in [1.165, 1.54) is 0 Å². The number of carbonyl (C=O) groups is 2. The number of hydrogen-bond donors (Lipinski definition) is 0. The molecule has 23 heavy (non-hydrogen) atoms. The second-order valence-electron chi connectivity index (χ2n) is 6.87. The van der Waals surface area contributed by atoms with Gasteiger partial charge in [-0.05, 0) is 36.8 Å². The number of rotatable bonds is 2. The Morgan fingerprint density at radius 2 is 1.57 bits per heavy atom. The van der Waals surface area contributed by atoms with Crippen LogP contribution < -0.4 is 0 Å². The number of fused-ring (bicyclic) bond motifs is 2. The van der Waals surface area contributed by atoms with Crippen molar-refractivity contribution in [3.63, 3.8) is 0 Å². The van der Waals surface area contributed by atoms with Crippen molar-refractivity contribution in [1.82, 2.24) is 9.80 Å². The third-order valence-electron chi connectivity index (χ3n) is 5.50. The van der Waals surface area contributed by atoms with Crippen molar-refractivity contribution in [3.05, 3.63) is 48.0 Å². The topological polar surface area (TPSA) is 40.6 Å². The van der Waals surface area contributed by atoms with Gasteiger partial charge in [0.05, 0.1) is 0 Å². The molecule has 0 radical (unpaired) electrons. The summed E-state index contributed by atoms with van der Waals surface area (Å²) in [7, 11) is 0. The maximum Gasteiger partial charge on any atom is 0.253 e. The maximum atomic E-state index is 12.7. The van der Waals surface area contributed by atoms with E-state index in [2.05, 4.69) is 12.2 Å². The predicted octanol–water partition coefficient (Wildman–Crippen LogP) is 2.18. The number of carbonyl (C=O) groups excluding carboxylic acids is 2. The molecular weight excluding hydrogens is 288 g/mol. The lowest BCUT2D eigenvalue weighted by Crippen LogP contribution is -2.52. The van der Waals surface area contributed by atoms with Gasteiger partial charge >= 0.3 is 0 Å². The minimum absolute atomic E-state index is 0.0700. The van der Waals surface area contributed by atoms with Crippen LogP contribution in [0.3, 0.4) is 0 Å². The summed E-state index contributed by atoms with van der Waals surface area (Å²) >= 11 is 0. The zero-order valence-corrected chi connectivity index (χ0v) is 13.2. The molecule has 0 aromatic heterocycles. The summed E-state index contributed by atoms with van der Waals surface area (Å²) in [4.78, 5) is 29.0. The minimum atomic E-state index is 0.0700. The Balaban J connectivity index is 1.35. The van der Waals surface area contributed by atoms with Crippen molar-refractivity contribution in [2.24, 2.45) is 17.8 Å². The van der Waals surface area contributed by atoms with Crippen LogP contribution in [-0.2, 0) is 4.79 Å². The van der Waals surface area contributed by atoms with Crippen LogP contribution in [0.15, 0.2) is 42.5 Å². The van der Waals surface area contributed by atoms with Crippen LogP contribution in [0, 0.1) is 17.8 Å². The van der Waals surface area contributed by atoms with Gasteiger partial charge in [-0.25, -0.2) is 0 Å². The molecule has 1 heterocycles. The van der Waals surface area contributed by atoms with Crippen LogP contribution in [0.5, 0.6) is 0 Å². The molecule has 0 N–H and O–H groups in total. The third-order valence-corrected chi connectivity index (χ3v) is 5.50. The van der Waals surface area contributed by atoms with Crippen LogP contribution in [0.25, 0.3) is 0 Å². The smallest absolute Gasteiger partial charge is 0.253 e. The number of amides is 2. The molecule has 1 aromatic rings. The summed E-state index contributed by atoms with van der Waals surface area (Å²) in [6.45, 7) is 2.59. The van der Waals surface area contributed by atoms with Gasteiger partial charge in [-0.2, -0.15) is 0 Å². The van der Waals surface area contributed by atoms with E-state index >= 15 is 0 Å². The fourth-order valence-electron chi connectivity index (χ4n) is 4.19. The lowest BCUT2D eigenvalue weighted by molar-refractivity contribution is -0.137. The molecule has 1 saturated heterocycles. The largest absolute Gasteiger partial charge is 0.339 e. The van der Waals surface area contributed by atoms with Crippen LogP contribution in [0.2, 0.25) is 0 Å². The first-order valence-electron chi connectivity index (χ1n) is 8.54. The zero-order chi connectivity index (χ0) is 15.8. The van der Waals surface area contributed by atoms with E-state index in [-0.39, 0.29) is 11.8 Å². The molecule has 120 valence electrons. The minimum Gasteiger partial charge on any atom is -0.339 e. The lowest BCUT2D eigenvalue weighted by atomic mass is 9.92. The zero-order valence-electron chi connectivity index (χ0n) is 13.2. The van der Waals surface area contributed by atoms with E-state index in [1.807, 2.05) is 40.1 Å². The van der Waals surface area contributed by atoms with E-state index < -0.39 is 0 Å². The second-order valence-corrected chi connectivity index (χ2v) is 6.87. The average molecular weight is 310 g/mol. The molecule has 0 spiro atoms. The van der Waals surface area contributed by atoms with Crippen molar-refractivity contribution in [3.8, 4) is 0 Å². The van der Waals surface area contributed by atoms with Crippen molar-refractivity contribution < 1.29 is 9.59 Å². The van der Waals surface area contributed by atoms with Gasteiger partial charge in [-0.15, -0.1) is 0 Å². The van der Waals surface area contributed by atoms with E-state index in [9.17, 15) is 9.59 Å². The van der Waals surface area contributed by atoms with Crippen molar-refractivity contribution in [2.75, 3.05) is 26.2 Å². The van der Waals surface area contributed by atoms with Crippen LogP contribution in [0.4, 0.5) is 0 Å². The van der Waals surface area contributed by atoms with Gasteiger partial charge < -0.3 is 9.80 Å². The van der Waals surface area contributed by atoms with Gasteiger partial charge in [0.1, 0.15) is 0 Å². The first-order valence-corrected chi connectivity index (χ1v) is 8.54. The molecule has 4 nitrogen and oxygen atoms in total. The van der Waals surface area contributed by atoms with Crippen molar-refractivity contribution >= 4 is 11.8 Å². The Morgan fingerprint density at radius 3 is 2.17 bits per heavy atom. The van der Waals surface area contributed by atoms with Crippen LogP contribution in [0.1, 0.15) is 23.2 Å². The van der Waals surface area contributed by atoms with Gasteiger partial charge in [0.2, 0.25) is 5.91 Å². The van der Waals surface area contributed by atoms with Crippen LogP contribution in [-0.4, -0.2) is 47.8 Å². The highest BCUT2D eigenvalue weighted by atomic mass is 16.2. The van der Waals surface area contributed by atoms with Gasteiger partial charge in [0, 0.05) is 37.7 Å². The molecule has 2 fully saturated rings. The molecular formula is C19H22N2O2. The third kappa shape index (κ3) is 2.67. The second kappa shape index (κ2) is 5.84. The van der Waals surface area contributed by atoms with E-state index in [1.54, 1.807) is 0 Å². The number of piperazine rings is 1. The molecule has 1 aliphatic heterocycles. The first-order chi connectivity index (χ1) is 11.2. The molecule has 3 aliphatic rings. The number of benzene rings is 1. The van der Waals surface area contributed by atoms with Gasteiger partial charge in [0.25, 0.3) is 5.91 Å². The van der Waals surface area contributed by atoms with E-state index in [4.69, 9.17) is 0 Å². The Morgan fingerprint density at radius 1 is 0.870 bits per heavy atom. The summed E-state index contributed by atoms with van der Waals surface area (Å²) < 4.78 is 0. The van der Waals surface area contributed by atoms with Gasteiger partial charge in [-0.3, -0.25) is 9.59 Å². The molecule has 1 aromatic carbocycles. The van der Waals surface area contributed by atoms with E-state index in [0.717, 1.165) is 18.4 Å². The highest BCUT2D eigenvalue weighted by molar-refractivity contribution is 5.94. The van der Waals surface area contributed by atoms with Crippen molar-refractivity contribution in [2.45, 2.75) is 12.8 Å². The van der Waals surface area contributed by atoms with Gasteiger partial charge in [0.15, 0.2) is 0 Å². The Labute approximate surface area is 136 Å². The average Bonchev–Trinajstić information content (AvgIpc) is 3.25. The number of nitrogens with zero attached hydrogens (tertiary/aromatic N) is 2. The molecule has 2 bridgehead atoms. The van der Waals surface area contributed by atoms with Crippen molar-refractivity contribution in [1.29, 1.82) is 0 Å². The summed E-state index contributed by atoms with van der Waals surface area (Å²) in [5.74, 6) is 1.63.